The Labute approximate surface area is 122 Å². The summed E-state index contributed by atoms with van der Waals surface area (Å²) >= 11 is 0. The number of aliphatic hydroxyl groups excluding tert-OH is 1. The number of aryl methyl sites for hydroxylation is 2. The van der Waals surface area contributed by atoms with E-state index in [1.807, 2.05) is 0 Å². The van der Waals surface area contributed by atoms with Crippen LogP contribution in [0.1, 0.15) is 43.6 Å². The van der Waals surface area contributed by atoms with Crippen LogP contribution in [0.3, 0.4) is 0 Å². The van der Waals surface area contributed by atoms with Gasteiger partial charge in [-0.1, -0.05) is 29.3 Å². The molecule has 1 fully saturated rings. The van der Waals surface area contributed by atoms with Crippen LogP contribution in [-0.4, -0.2) is 41.3 Å². The van der Waals surface area contributed by atoms with E-state index < -0.39 is 6.10 Å². The van der Waals surface area contributed by atoms with Gasteiger partial charge in [0.15, 0.2) is 0 Å². The summed E-state index contributed by atoms with van der Waals surface area (Å²) < 4.78 is 5.91. The first-order valence-electron chi connectivity index (χ1n) is 7.41. The normalized spacial score (nSPS) is 24.6. The molecule has 112 valence electrons. The van der Waals surface area contributed by atoms with E-state index in [2.05, 4.69) is 57.7 Å². The topological polar surface area (TPSA) is 32.7 Å². The van der Waals surface area contributed by atoms with Gasteiger partial charge in [0.25, 0.3) is 0 Å². The maximum atomic E-state index is 10.5. The Kier molecular flexibility index (Phi) is 4.52. The monoisotopic (exact) mass is 277 g/mol. The maximum absolute atomic E-state index is 10.5. The zero-order valence-electron chi connectivity index (χ0n) is 13.3. The fraction of sp³-hybridized carbons (Fsp3) is 0.647. The fourth-order valence-corrected chi connectivity index (χ4v) is 3.28. The van der Waals surface area contributed by atoms with Crippen LogP contribution in [0.25, 0.3) is 0 Å². The molecule has 1 heterocycles. The molecule has 2 rings (SSSR count). The van der Waals surface area contributed by atoms with Crippen LogP contribution >= 0.6 is 0 Å². The molecule has 20 heavy (non-hydrogen) atoms. The second kappa shape index (κ2) is 5.84. The van der Waals surface area contributed by atoms with Crippen molar-refractivity contribution in [1.82, 2.24) is 4.90 Å². The lowest BCUT2D eigenvalue weighted by Crippen LogP contribution is -2.52. The molecule has 1 aliphatic heterocycles. The number of ether oxygens (including phenoxy) is 1. The minimum absolute atomic E-state index is 0.139. The predicted octanol–water partition coefficient (Wildman–Crippen LogP) is 2.84. The van der Waals surface area contributed by atoms with Gasteiger partial charge in [0.2, 0.25) is 0 Å². The molecule has 2 atom stereocenters. The summed E-state index contributed by atoms with van der Waals surface area (Å²) in [5.74, 6) is 0. The molecule has 0 spiro atoms. The van der Waals surface area contributed by atoms with E-state index in [1.54, 1.807) is 0 Å². The van der Waals surface area contributed by atoms with Crippen molar-refractivity contribution in [3.05, 3.63) is 34.9 Å². The average molecular weight is 277 g/mol. The van der Waals surface area contributed by atoms with Crippen molar-refractivity contribution in [2.24, 2.45) is 0 Å². The first-order chi connectivity index (χ1) is 9.25. The minimum Gasteiger partial charge on any atom is -0.387 e. The highest BCUT2D eigenvalue weighted by atomic mass is 16.5. The smallest absolute Gasteiger partial charge is 0.0917 e. The van der Waals surface area contributed by atoms with E-state index in [1.165, 1.54) is 11.1 Å². The van der Waals surface area contributed by atoms with Crippen molar-refractivity contribution >= 4 is 0 Å². The number of β-amino-alcohol motifs (C(OH)–C–C–N with tert-alkyl or cyclic N) is 1. The number of hydrogen-bond acceptors (Lipinski definition) is 3. The first kappa shape index (κ1) is 15.5. The van der Waals surface area contributed by atoms with Crippen LogP contribution in [0.15, 0.2) is 18.2 Å². The van der Waals surface area contributed by atoms with Crippen LogP contribution in [-0.2, 0) is 4.74 Å². The van der Waals surface area contributed by atoms with E-state index in [-0.39, 0.29) is 11.7 Å². The van der Waals surface area contributed by atoms with Crippen LogP contribution < -0.4 is 0 Å². The molecule has 1 saturated heterocycles. The second-order valence-electron chi connectivity index (χ2n) is 6.82. The van der Waals surface area contributed by atoms with Gasteiger partial charge >= 0.3 is 0 Å². The highest BCUT2D eigenvalue weighted by Gasteiger charge is 2.32. The Bertz CT molecular complexity index is 450. The molecule has 0 amide bonds. The SMILES string of the molecule is Cc1cc(C)cc(C(O)CN2CC(C)OC(C)(C)C2)c1. The van der Waals surface area contributed by atoms with Crippen molar-refractivity contribution in [3.8, 4) is 0 Å². The molecular formula is C17H27NO2. The molecule has 1 N–H and O–H groups in total. The number of hydrogen-bond donors (Lipinski definition) is 1. The maximum Gasteiger partial charge on any atom is 0.0917 e. The lowest BCUT2D eigenvalue weighted by molar-refractivity contribution is -0.133. The fourth-order valence-electron chi connectivity index (χ4n) is 3.28. The zero-order valence-corrected chi connectivity index (χ0v) is 13.3. The molecule has 3 nitrogen and oxygen atoms in total. The number of nitrogens with zero attached hydrogens (tertiary/aromatic N) is 1. The Morgan fingerprint density at radius 3 is 2.45 bits per heavy atom. The van der Waals surface area contributed by atoms with Crippen molar-refractivity contribution in [1.29, 1.82) is 0 Å². The van der Waals surface area contributed by atoms with Crippen LogP contribution in [0.5, 0.6) is 0 Å². The van der Waals surface area contributed by atoms with Crippen molar-refractivity contribution < 1.29 is 9.84 Å². The van der Waals surface area contributed by atoms with Gasteiger partial charge in [0, 0.05) is 19.6 Å². The Morgan fingerprint density at radius 2 is 1.90 bits per heavy atom. The summed E-state index contributed by atoms with van der Waals surface area (Å²) in [7, 11) is 0. The minimum atomic E-state index is -0.435. The Hall–Kier alpha value is -0.900. The summed E-state index contributed by atoms with van der Waals surface area (Å²) in [4.78, 5) is 2.30. The van der Waals surface area contributed by atoms with Crippen LogP contribution in [0.4, 0.5) is 0 Å². The molecule has 2 unspecified atom stereocenters. The van der Waals surface area contributed by atoms with Gasteiger partial charge < -0.3 is 9.84 Å². The molecule has 0 aromatic heterocycles. The Balaban J connectivity index is 2.05. The molecule has 3 heteroatoms. The molecule has 0 aliphatic carbocycles. The van der Waals surface area contributed by atoms with E-state index in [9.17, 15) is 5.11 Å². The molecule has 0 saturated carbocycles. The number of aliphatic hydroxyl groups is 1. The van der Waals surface area contributed by atoms with Gasteiger partial charge in [0.1, 0.15) is 0 Å². The van der Waals surface area contributed by atoms with E-state index in [4.69, 9.17) is 4.74 Å². The molecular weight excluding hydrogens is 250 g/mol. The van der Waals surface area contributed by atoms with Gasteiger partial charge in [-0.3, -0.25) is 4.90 Å². The third-order valence-electron chi connectivity index (χ3n) is 3.70. The van der Waals surface area contributed by atoms with Gasteiger partial charge in [0.05, 0.1) is 17.8 Å². The molecule has 0 radical (unpaired) electrons. The average Bonchev–Trinajstić information content (AvgIpc) is 2.24. The van der Waals surface area contributed by atoms with Crippen molar-refractivity contribution in [2.45, 2.75) is 52.4 Å². The van der Waals surface area contributed by atoms with Gasteiger partial charge in [-0.25, -0.2) is 0 Å². The summed E-state index contributed by atoms with van der Waals surface area (Å²) in [6, 6.07) is 6.29. The van der Waals surface area contributed by atoms with Crippen molar-refractivity contribution in [2.75, 3.05) is 19.6 Å². The highest BCUT2D eigenvalue weighted by molar-refractivity contribution is 5.30. The number of morpholine rings is 1. The summed E-state index contributed by atoms with van der Waals surface area (Å²) in [5.41, 5.74) is 3.28. The van der Waals surface area contributed by atoms with Gasteiger partial charge in [-0.15, -0.1) is 0 Å². The largest absolute Gasteiger partial charge is 0.387 e. The first-order valence-corrected chi connectivity index (χ1v) is 7.41. The Morgan fingerprint density at radius 1 is 1.30 bits per heavy atom. The molecule has 1 aromatic rings. The van der Waals surface area contributed by atoms with E-state index in [0.29, 0.717) is 6.54 Å². The zero-order chi connectivity index (χ0) is 14.9. The summed E-state index contributed by atoms with van der Waals surface area (Å²) in [6.07, 6.45) is -0.222. The molecule has 0 bridgehead atoms. The quantitative estimate of drug-likeness (QED) is 0.922. The third kappa shape index (κ3) is 4.05. The van der Waals surface area contributed by atoms with Gasteiger partial charge in [-0.05, 0) is 40.2 Å². The summed E-state index contributed by atoms with van der Waals surface area (Å²) in [6.45, 7) is 12.9. The lowest BCUT2D eigenvalue weighted by Gasteiger charge is -2.42. The molecule has 1 aromatic carbocycles. The number of benzene rings is 1. The predicted molar refractivity (Wildman–Crippen MR) is 81.9 cm³/mol. The summed E-state index contributed by atoms with van der Waals surface area (Å²) in [5, 5.41) is 10.5. The third-order valence-corrected chi connectivity index (χ3v) is 3.70. The number of rotatable bonds is 3. The standard InChI is InChI=1S/C17H27NO2/c1-12-6-13(2)8-15(7-12)16(19)10-18-9-14(3)20-17(4,5)11-18/h6-8,14,16,19H,9-11H2,1-5H3. The van der Waals surface area contributed by atoms with Crippen molar-refractivity contribution in [3.63, 3.8) is 0 Å². The highest BCUT2D eigenvalue weighted by Crippen LogP contribution is 2.24. The van der Waals surface area contributed by atoms with Crippen LogP contribution in [0.2, 0.25) is 0 Å². The van der Waals surface area contributed by atoms with Crippen LogP contribution in [0, 0.1) is 13.8 Å². The van der Waals surface area contributed by atoms with E-state index in [0.717, 1.165) is 18.7 Å². The second-order valence-corrected chi connectivity index (χ2v) is 6.82. The molecule has 1 aliphatic rings. The lowest BCUT2D eigenvalue weighted by atomic mass is 10.0. The van der Waals surface area contributed by atoms with E-state index >= 15 is 0 Å². The van der Waals surface area contributed by atoms with Gasteiger partial charge in [-0.2, -0.15) is 0 Å².